The average Bonchev–Trinajstić information content (AvgIpc) is 2.80. The number of nitrogens with zero attached hydrogens (tertiary/aromatic N) is 4. The predicted octanol–water partition coefficient (Wildman–Crippen LogP) is 1.51. The number of halogens is 1. The average molecular weight is 318 g/mol. The number of pyridine rings is 2. The molecule has 0 amide bonds. The molecule has 0 atom stereocenters. The lowest BCUT2D eigenvalue weighted by Gasteiger charge is -2.08. The van der Waals surface area contributed by atoms with E-state index in [1.165, 1.54) is 15.2 Å². The van der Waals surface area contributed by atoms with E-state index in [-0.39, 0.29) is 5.69 Å². The number of aromatic nitrogens is 4. The van der Waals surface area contributed by atoms with Crippen LogP contribution in [0.4, 0.5) is 4.39 Å². The number of aryl methyl sites for hydroxylation is 2. The van der Waals surface area contributed by atoms with Crippen molar-refractivity contribution in [1.29, 1.82) is 0 Å². The van der Waals surface area contributed by atoms with Crippen LogP contribution in [0.2, 0.25) is 0 Å². The van der Waals surface area contributed by atoms with Crippen LogP contribution in [0, 0.1) is 12.9 Å². The Morgan fingerprint density at radius 1 is 1.21 bits per heavy atom. The second-order valence-corrected chi connectivity index (χ2v) is 5.68. The third-order valence-electron chi connectivity index (χ3n) is 4.17. The molecule has 0 N–H and O–H groups in total. The van der Waals surface area contributed by atoms with Crippen LogP contribution in [0.1, 0.15) is 5.69 Å². The predicted molar refractivity (Wildman–Crippen MR) is 91.7 cm³/mol. The van der Waals surface area contributed by atoms with E-state index in [2.05, 4.69) is 9.97 Å². The van der Waals surface area contributed by atoms with Crippen LogP contribution in [0.15, 0.2) is 41.3 Å². The summed E-state index contributed by atoms with van der Waals surface area (Å²) in [4.78, 5) is 21.0. The zero-order valence-corrected chi connectivity index (χ0v) is 13.1. The van der Waals surface area contributed by atoms with Gasteiger partial charge in [0.15, 0.2) is 0 Å². The molecule has 0 saturated carbocycles. The number of fused-ring (bicyclic) bond motifs is 3. The second kappa shape index (κ2) is 5.02. The van der Waals surface area contributed by atoms with Crippen molar-refractivity contribution in [2.24, 2.45) is 7.05 Å². The molecule has 2 radical (unpaired) electrons. The topological polar surface area (TPSA) is 52.7 Å². The smallest absolute Gasteiger partial charge is 0.293 e. The number of hydrogen-bond acceptors (Lipinski definition) is 3. The second-order valence-electron chi connectivity index (χ2n) is 5.68. The number of hydrogen-bond donors (Lipinski definition) is 0. The standard InChI is InChI=1S/C17H12BFN4O/c1-9-13(5-6-15(19)21-9)23-16-11-7-10(18)3-4-12(11)20-8-14(16)22(2)17(23)24/h3-8H,1-2H3. The highest BCUT2D eigenvalue weighted by molar-refractivity contribution is 6.33. The third kappa shape index (κ3) is 1.97. The normalized spacial score (nSPS) is 11.5. The first-order valence-corrected chi connectivity index (χ1v) is 7.36. The molecule has 0 saturated heterocycles. The molecule has 0 spiro atoms. The molecule has 1 aromatic carbocycles. The number of imidazole rings is 1. The van der Waals surface area contributed by atoms with Crippen molar-refractivity contribution in [3.63, 3.8) is 0 Å². The van der Waals surface area contributed by atoms with Gasteiger partial charge in [0.2, 0.25) is 5.95 Å². The number of benzene rings is 1. The van der Waals surface area contributed by atoms with Gasteiger partial charge in [-0.1, -0.05) is 17.6 Å². The van der Waals surface area contributed by atoms with Crippen molar-refractivity contribution in [2.45, 2.75) is 6.92 Å². The molecule has 0 aliphatic heterocycles. The van der Waals surface area contributed by atoms with Gasteiger partial charge in [-0.2, -0.15) is 4.39 Å². The summed E-state index contributed by atoms with van der Waals surface area (Å²) in [6, 6.07) is 8.15. The van der Waals surface area contributed by atoms with E-state index >= 15 is 0 Å². The summed E-state index contributed by atoms with van der Waals surface area (Å²) in [6.07, 6.45) is 1.65. The van der Waals surface area contributed by atoms with Gasteiger partial charge in [-0.3, -0.25) is 14.1 Å². The van der Waals surface area contributed by atoms with Crippen molar-refractivity contribution in [2.75, 3.05) is 0 Å². The quantitative estimate of drug-likeness (QED) is 0.395. The van der Waals surface area contributed by atoms with E-state index in [0.29, 0.717) is 27.9 Å². The van der Waals surface area contributed by atoms with Gasteiger partial charge in [0, 0.05) is 12.4 Å². The molecule has 116 valence electrons. The van der Waals surface area contributed by atoms with E-state index in [9.17, 15) is 9.18 Å². The largest absolute Gasteiger partial charge is 0.333 e. The maximum absolute atomic E-state index is 13.4. The van der Waals surface area contributed by atoms with Gasteiger partial charge in [-0.15, -0.1) is 0 Å². The van der Waals surface area contributed by atoms with Gasteiger partial charge in [-0.25, -0.2) is 9.78 Å². The monoisotopic (exact) mass is 318 g/mol. The SMILES string of the molecule is [B]c1ccc2ncc3c(c2c1)n(-c1ccc(F)nc1C)c(=O)n3C. The van der Waals surface area contributed by atoms with Crippen molar-refractivity contribution >= 4 is 35.2 Å². The van der Waals surface area contributed by atoms with E-state index in [1.807, 2.05) is 6.07 Å². The third-order valence-corrected chi connectivity index (χ3v) is 4.17. The van der Waals surface area contributed by atoms with Crippen LogP contribution < -0.4 is 11.2 Å². The van der Waals surface area contributed by atoms with Crippen molar-refractivity contribution in [3.8, 4) is 5.69 Å². The minimum absolute atomic E-state index is 0.252. The molecule has 0 fully saturated rings. The summed E-state index contributed by atoms with van der Waals surface area (Å²) in [5, 5.41) is 0.758. The first-order chi connectivity index (χ1) is 11.5. The fourth-order valence-corrected chi connectivity index (χ4v) is 3.00. The van der Waals surface area contributed by atoms with Crippen LogP contribution in [0.3, 0.4) is 0 Å². The van der Waals surface area contributed by atoms with E-state index in [4.69, 9.17) is 7.85 Å². The Morgan fingerprint density at radius 2 is 2.00 bits per heavy atom. The minimum Gasteiger partial charge on any atom is -0.293 e. The summed E-state index contributed by atoms with van der Waals surface area (Å²) < 4.78 is 16.4. The van der Waals surface area contributed by atoms with Crippen molar-refractivity contribution in [3.05, 3.63) is 58.7 Å². The Morgan fingerprint density at radius 3 is 2.75 bits per heavy atom. The molecule has 4 aromatic rings. The molecule has 3 heterocycles. The van der Waals surface area contributed by atoms with E-state index < -0.39 is 5.95 Å². The molecule has 0 bridgehead atoms. The highest BCUT2D eigenvalue weighted by Crippen LogP contribution is 2.25. The lowest BCUT2D eigenvalue weighted by Crippen LogP contribution is -2.21. The fourth-order valence-electron chi connectivity index (χ4n) is 3.00. The van der Waals surface area contributed by atoms with Crippen LogP contribution in [0.25, 0.3) is 27.6 Å². The van der Waals surface area contributed by atoms with Gasteiger partial charge in [0.25, 0.3) is 0 Å². The fraction of sp³-hybridized carbons (Fsp3) is 0.118. The maximum atomic E-state index is 13.4. The Kier molecular flexibility index (Phi) is 3.06. The van der Waals surface area contributed by atoms with Crippen molar-refractivity contribution < 1.29 is 4.39 Å². The molecule has 3 aromatic heterocycles. The van der Waals surface area contributed by atoms with Crippen LogP contribution >= 0.6 is 0 Å². The van der Waals surface area contributed by atoms with Crippen molar-refractivity contribution in [1.82, 2.24) is 19.1 Å². The van der Waals surface area contributed by atoms with Crippen LogP contribution in [0.5, 0.6) is 0 Å². The van der Waals surface area contributed by atoms with Gasteiger partial charge in [0.05, 0.1) is 34.1 Å². The summed E-state index contributed by atoms with van der Waals surface area (Å²) in [5.41, 5.74) is 3.36. The summed E-state index contributed by atoms with van der Waals surface area (Å²) >= 11 is 0. The molecule has 0 aliphatic rings. The molecule has 5 nitrogen and oxygen atoms in total. The Bertz CT molecular complexity index is 1180. The van der Waals surface area contributed by atoms with Crippen LogP contribution in [-0.4, -0.2) is 26.9 Å². The number of rotatable bonds is 1. The maximum Gasteiger partial charge on any atom is 0.333 e. The highest BCUT2D eigenvalue weighted by Gasteiger charge is 2.17. The first kappa shape index (κ1) is 14.6. The summed E-state index contributed by atoms with van der Waals surface area (Å²) in [5.74, 6) is -0.583. The van der Waals surface area contributed by atoms with Gasteiger partial charge in [0.1, 0.15) is 7.85 Å². The molecular formula is C17H12BFN4O. The molecule has 0 unspecified atom stereocenters. The highest BCUT2D eigenvalue weighted by atomic mass is 19.1. The van der Waals surface area contributed by atoms with Gasteiger partial charge < -0.3 is 0 Å². The van der Waals surface area contributed by atoms with Crippen LogP contribution in [-0.2, 0) is 7.05 Å². The Labute approximate surface area is 137 Å². The molecule has 4 rings (SSSR count). The summed E-state index contributed by atoms with van der Waals surface area (Å²) in [6.45, 7) is 1.67. The molecular weight excluding hydrogens is 306 g/mol. The van der Waals surface area contributed by atoms with Gasteiger partial charge in [-0.05, 0) is 25.1 Å². The molecule has 7 heteroatoms. The first-order valence-electron chi connectivity index (χ1n) is 7.36. The Hall–Kier alpha value is -2.96. The van der Waals surface area contributed by atoms with E-state index in [1.54, 1.807) is 38.4 Å². The molecule has 24 heavy (non-hydrogen) atoms. The molecule has 0 aliphatic carbocycles. The van der Waals surface area contributed by atoms with Gasteiger partial charge >= 0.3 is 5.69 Å². The lowest BCUT2D eigenvalue weighted by atomic mass is 9.94. The van der Waals surface area contributed by atoms with E-state index in [0.717, 1.165) is 10.9 Å². The zero-order chi connectivity index (χ0) is 17.0. The lowest BCUT2D eigenvalue weighted by molar-refractivity contribution is 0.579. The Balaban J connectivity index is 2.24. The minimum atomic E-state index is -0.583. The summed E-state index contributed by atoms with van der Waals surface area (Å²) in [7, 11) is 7.59. The zero-order valence-electron chi connectivity index (χ0n) is 13.1.